The predicted octanol–water partition coefficient (Wildman–Crippen LogP) is 4.63. The number of hydrogen-bond acceptors (Lipinski definition) is 2. The van der Waals surface area contributed by atoms with Gasteiger partial charge in [0.2, 0.25) is 0 Å². The maximum absolute atomic E-state index is 9.70. The van der Waals surface area contributed by atoms with E-state index < -0.39 is 0 Å². The molecule has 0 heterocycles. The Kier molecular flexibility index (Phi) is 3.77. The lowest BCUT2D eigenvalue weighted by atomic mass is 9.70. The molecule has 0 N–H and O–H groups in total. The van der Waals surface area contributed by atoms with Gasteiger partial charge in [-0.2, -0.15) is 10.5 Å². The minimum absolute atomic E-state index is 0.0111. The Hall–Kier alpha value is -2.84. The zero-order valence-corrected chi connectivity index (χ0v) is 12.4. The SMILES string of the molecule is C[C@@H](c1ccccc1)[C@H]1C=C(C#N)c2ccccc2[C@H]1C#N. The minimum Gasteiger partial charge on any atom is -0.198 e. The second kappa shape index (κ2) is 5.88. The number of allylic oxidation sites excluding steroid dienone is 2. The summed E-state index contributed by atoms with van der Waals surface area (Å²) in [7, 11) is 0. The van der Waals surface area contributed by atoms with Crippen LogP contribution < -0.4 is 0 Å². The number of nitrogens with zero attached hydrogens (tertiary/aromatic N) is 2. The Morgan fingerprint density at radius 3 is 2.32 bits per heavy atom. The third kappa shape index (κ3) is 2.30. The van der Waals surface area contributed by atoms with Gasteiger partial charge in [0.15, 0.2) is 0 Å². The minimum atomic E-state index is -0.219. The van der Waals surface area contributed by atoms with Gasteiger partial charge in [-0.15, -0.1) is 0 Å². The van der Waals surface area contributed by atoms with E-state index in [1.807, 2.05) is 48.5 Å². The van der Waals surface area contributed by atoms with E-state index in [0.29, 0.717) is 5.57 Å². The largest absolute Gasteiger partial charge is 0.198 e. The van der Waals surface area contributed by atoms with Gasteiger partial charge >= 0.3 is 0 Å². The lowest BCUT2D eigenvalue weighted by molar-refractivity contribution is 0.496. The summed E-state index contributed by atoms with van der Waals surface area (Å²) in [4.78, 5) is 0. The second-order valence-electron chi connectivity index (χ2n) is 5.66. The van der Waals surface area contributed by atoms with Crippen LogP contribution >= 0.6 is 0 Å². The molecule has 0 aromatic heterocycles. The molecule has 2 heteroatoms. The number of hydrogen-bond donors (Lipinski definition) is 0. The summed E-state index contributed by atoms with van der Waals surface area (Å²) >= 11 is 0. The van der Waals surface area contributed by atoms with Gasteiger partial charge in [0.1, 0.15) is 0 Å². The van der Waals surface area contributed by atoms with Gasteiger partial charge < -0.3 is 0 Å². The molecule has 0 unspecified atom stereocenters. The van der Waals surface area contributed by atoms with E-state index in [1.54, 1.807) is 0 Å². The molecule has 1 aliphatic carbocycles. The fraction of sp³-hybridized carbons (Fsp3) is 0.200. The molecule has 22 heavy (non-hydrogen) atoms. The van der Waals surface area contributed by atoms with Crippen molar-refractivity contribution in [2.24, 2.45) is 5.92 Å². The van der Waals surface area contributed by atoms with Gasteiger partial charge in [0.05, 0.1) is 23.6 Å². The highest BCUT2D eigenvalue weighted by Crippen LogP contribution is 2.43. The van der Waals surface area contributed by atoms with Gasteiger partial charge in [-0.25, -0.2) is 0 Å². The van der Waals surface area contributed by atoms with Crippen LogP contribution in [0.2, 0.25) is 0 Å². The Labute approximate surface area is 130 Å². The molecule has 2 nitrogen and oxygen atoms in total. The molecule has 0 aliphatic heterocycles. The molecule has 3 rings (SSSR count). The van der Waals surface area contributed by atoms with Crippen molar-refractivity contribution < 1.29 is 0 Å². The molecule has 0 saturated carbocycles. The Balaban J connectivity index is 2.10. The fourth-order valence-corrected chi connectivity index (χ4v) is 3.26. The van der Waals surface area contributed by atoms with E-state index in [2.05, 4.69) is 31.2 Å². The number of fused-ring (bicyclic) bond motifs is 1. The molecule has 106 valence electrons. The highest BCUT2D eigenvalue weighted by molar-refractivity contribution is 5.81. The van der Waals surface area contributed by atoms with Gasteiger partial charge in [-0.05, 0) is 22.6 Å². The summed E-state index contributed by atoms with van der Waals surface area (Å²) in [6, 6.07) is 22.7. The quantitative estimate of drug-likeness (QED) is 0.807. The highest BCUT2D eigenvalue weighted by atomic mass is 14.4. The third-order valence-electron chi connectivity index (χ3n) is 4.49. The average molecular weight is 284 g/mol. The van der Waals surface area contributed by atoms with Crippen molar-refractivity contribution in [3.8, 4) is 12.1 Å². The van der Waals surface area contributed by atoms with Crippen LogP contribution in [0.4, 0.5) is 0 Å². The first-order valence-electron chi connectivity index (χ1n) is 7.42. The first-order chi connectivity index (χ1) is 10.8. The lowest BCUT2D eigenvalue weighted by Crippen LogP contribution is -2.21. The highest BCUT2D eigenvalue weighted by Gasteiger charge is 2.33. The van der Waals surface area contributed by atoms with Crippen LogP contribution in [-0.4, -0.2) is 0 Å². The third-order valence-corrected chi connectivity index (χ3v) is 4.49. The summed E-state index contributed by atoms with van der Waals surface area (Å²) in [5.74, 6) is -0.0250. The van der Waals surface area contributed by atoms with Crippen molar-refractivity contribution in [3.05, 3.63) is 77.4 Å². The van der Waals surface area contributed by atoms with E-state index in [1.165, 1.54) is 5.56 Å². The Morgan fingerprint density at radius 1 is 0.955 bits per heavy atom. The van der Waals surface area contributed by atoms with Crippen molar-refractivity contribution in [2.45, 2.75) is 18.8 Å². The normalized spacial score (nSPS) is 21.0. The van der Waals surface area contributed by atoms with Crippen LogP contribution in [0.25, 0.3) is 5.57 Å². The molecule has 3 atom stereocenters. The first-order valence-corrected chi connectivity index (χ1v) is 7.42. The van der Waals surface area contributed by atoms with Crippen LogP contribution in [0, 0.1) is 28.6 Å². The van der Waals surface area contributed by atoms with Crippen LogP contribution in [0.1, 0.15) is 35.4 Å². The maximum atomic E-state index is 9.70. The molecule has 1 aliphatic rings. The van der Waals surface area contributed by atoms with E-state index in [9.17, 15) is 10.5 Å². The van der Waals surface area contributed by atoms with E-state index >= 15 is 0 Å². The molecule has 0 saturated heterocycles. The molecular formula is C20H16N2. The van der Waals surface area contributed by atoms with Gasteiger partial charge in [-0.1, -0.05) is 67.6 Å². The molecule has 0 amide bonds. The molecule has 0 fully saturated rings. The summed E-state index contributed by atoms with van der Waals surface area (Å²) in [5.41, 5.74) is 3.74. The van der Waals surface area contributed by atoms with Crippen LogP contribution in [0.15, 0.2) is 60.7 Å². The summed E-state index contributed by atoms with van der Waals surface area (Å²) in [6.07, 6.45) is 1.98. The van der Waals surface area contributed by atoms with Crippen molar-refractivity contribution in [1.29, 1.82) is 10.5 Å². The first kappa shape index (κ1) is 14.1. The second-order valence-corrected chi connectivity index (χ2v) is 5.66. The molecule has 0 bridgehead atoms. The summed E-state index contributed by atoms with van der Waals surface area (Å²) in [6.45, 7) is 2.13. The van der Waals surface area contributed by atoms with Crippen molar-refractivity contribution in [2.75, 3.05) is 0 Å². The smallest absolute Gasteiger partial charge is 0.0994 e. The molecule has 2 aromatic carbocycles. The fourth-order valence-electron chi connectivity index (χ4n) is 3.26. The molecule has 2 aromatic rings. The molecular weight excluding hydrogens is 268 g/mol. The van der Waals surface area contributed by atoms with E-state index in [-0.39, 0.29) is 17.8 Å². The molecule has 0 radical (unpaired) electrons. The van der Waals surface area contributed by atoms with Crippen LogP contribution in [-0.2, 0) is 0 Å². The summed E-state index contributed by atoms with van der Waals surface area (Å²) in [5, 5.41) is 19.2. The number of nitriles is 2. The predicted molar refractivity (Wildman–Crippen MR) is 86.7 cm³/mol. The van der Waals surface area contributed by atoms with E-state index in [4.69, 9.17) is 0 Å². The van der Waals surface area contributed by atoms with Crippen molar-refractivity contribution in [1.82, 2.24) is 0 Å². The number of benzene rings is 2. The topological polar surface area (TPSA) is 47.6 Å². The van der Waals surface area contributed by atoms with Crippen molar-refractivity contribution >= 4 is 5.57 Å². The zero-order valence-electron chi connectivity index (χ0n) is 12.4. The zero-order chi connectivity index (χ0) is 15.5. The maximum Gasteiger partial charge on any atom is 0.0994 e. The van der Waals surface area contributed by atoms with Gasteiger partial charge in [0, 0.05) is 5.92 Å². The standard InChI is InChI=1S/C20H16N2/c1-14(15-7-3-2-4-8-15)19-11-16(12-21)17-9-5-6-10-18(17)20(19)13-22/h2-11,14,19-20H,1H3/t14-,19+,20+/m0/s1. The molecule has 0 spiro atoms. The van der Waals surface area contributed by atoms with Gasteiger partial charge in [0.25, 0.3) is 0 Å². The van der Waals surface area contributed by atoms with E-state index in [0.717, 1.165) is 11.1 Å². The van der Waals surface area contributed by atoms with Crippen LogP contribution in [0.5, 0.6) is 0 Å². The monoisotopic (exact) mass is 284 g/mol. The average Bonchev–Trinajstić information content (AvgIpc) is 2.60. The van der Waals surface area contributed by atoms with Gasteiger partial charge in [-0.3, -0.25) is 0 Å². The Bertz CT molecular complexity index is 790. The van der Waals surface area contributed by atoms with Crippen LogP contribution in [0.3, 0.4) is 0 Å². The summed E-state index contributed by atoms with van der Waals surface area (Å²) < 4.78 is 0. The number of rotatable bonds is 2. The lowest BCUT2D eigenvalue weighted by Gasteiger charge is -2.31. The Morgan fingerprint density at radius 2 is 1.64 bits per heavy atom. The van der Waals surface area contributed by atoms with Crippen molar-refractivity contribution in [3.63, 3.8) is 0 Å².